The first-order valence-electron chi connectivity index (χ1n) is 13.4. The number of nitrogens with zero attached hydrogens (tertiary/aromatic N) is 2. The molecule has 1 atom stereocenters. The first kappa shape index (κ1) is 30.3. The molecule has 0 spiro atoms. The molecule has 1 aromatic heterocycles. The third-order valence-corrected chi connectivity index (χ3v) is 9.37. The molecule has 0 bridgehead atoms. The average Bonchev–Trinajstić information content (AvgIpc) is 3.24. The highest BCUT2D eigenvalue weighted by atomic mass is 32.2. The molecular weight excluding hydrogens is 547 g/mol. The largest absolute Gasteiger partial charge is 0.496 e. The summed E-state index contributed by atoms with van der Waals surface area (Å²) in [6.07, 6.45) is 0. The van der Waals surface area contributed by atoms with Gasteiger partial charge < -0.3 is 19.9 Å². The number of benzene rings is 2. The molecular formula is C30H37FN4O5S. The lowest BCUT2D eigenvalue weighted by atomic mass is 9.92. The predicted molar refractivity (Wildman–Crippen MR) is 159 cm³/mol. The highest BCUT2D eigenvalue weighted by Crippen LogP contribution is 2.44. The fourth-order valence-electron chi connectivity index (χ4n) is 5.20. The van der Waals surface area contributed by atoms with Gasteiger partial charge in [0.2, 0.25) is 10.0 Å². The van der Waals surface area contributed by atoms with Crippen LogP contribution in [0, 0.1) is 12.7 Å². The molecule has 0 aliphatic carbocycles. The number of aromatic amines is 1. The van der Waals surface area contributed by atoms with Crippen LogP contribution in [0.1, 0.15) is 59.4 Å². The second kappa shape index (κ2) is 11.7. The van der Waals surface area contributed by atoms with E-state index in [1.807, 2.05) is 25.9 Å². The number of pyridine rings is 1. The molecule has 1 unspecified atom stereocenters. The number of carbonyl (C=O) groups excluding carboxylic acids is 1. The number of nitrogens with one attached hydrogen (secondary N) is 2. The van der Waals surface area contributed by atoms with Gasteiger partial charge in [-0.15, -0.1) is 0 Å². The maximum atomic E-state index is 15.2. The zero-order chi connectivity index (χ0) is 30.2. The Morgan fingerprint density at radius 1 is 1.22 bits per heavy atom. The first-order valence-corrected chi connectivity index (χ1v) is 14.9. The molecule has 41 heavy (non-hydrogen) atoms. The number of fused-ring (bicyclic) bond motifs is 1. The molecule has 0 saturated carbocycles. The highest BCUT2D eigenvalue weighted by Gasteiger charge is 2.38. The van der Waals surface area contributed by atoms with Crippen molar-refractivity contribution in [3.8, 4) is 16.9 Å². The van der Waals surface area contributed by atoms with Gasteiger partial charge in [0.15, 0.2) is 0 Å². The van der Waals surface area contributed by atoms with Crippen LogP contribution in [0.25, 0.3) is 11.1 Å². The van der Waals surface area contributed by atoms with E-state index in [-0.39, 0.29) is 41.3 Å². The van der Waals surface area contributed by atoms with E-state index >= 15 is 4.39 Å². The van der Waals surface area contributed by atoms with Crippen LogP contribution in [0.15, 0.2) is 41.2 Å². The van der Waals surface area contributed by atoms with Crippen LogP contribution in [-0.2, 0) is 23.1 Å². The highest BCUT2D eigenvalue weighted by molar-refractivity contribution is 7.93. The fourth-order valence-corrected chi connectivity index (χ4v) is 6.56. The smallest absolute Gasteiger partial charge is 0.256 e. The van der Waals surface area contributed by atoms with E-state index in [1.165, 1.54) is 17.5 Å². The topological polar surface area (TPSA) is 112 Å². The fraction of sp³-hybridized carbons (Fsp3) is 0.400. The number of ether oxygens (including phenoxy) is 1. The minimum absolute atomic E-state index is 0.119. The molecule has 1 aliphatic rings. The molecule has 2 aromatic carbocycles. The number of aryl methyl sites for hydroxylation is 1. The number of amides is 1. The Bertz CT molecular complexity index is 1650. The Kier molecular flexibility index (Phi) is 8.60. The maximum Gasteiger partial charge on any atom is 0.256 e. The van der Waals surface area contributed by atoms with E-state index in [0.29, 0.717) is 34.8 Å². The molecule has 2 N–H and O–H groups in total. The standard InChI is InChI=1S/C30H37FN4O5S/c1-17(2)41(38,39)35-15-18(3)28-23(29(36)32-14-24-27(40-7)10-19(4)33-30(24)37)12-21(13-26(28)35)22-11-20(16-34(5)6)8-9-25(22)31/h8-13,17-18H,14-16H2,1-7H3,(H,32,36)(H,33,37). The third-order valence-electron chi connectivity index (χ3n) is 7.22. The van der Waals surface area contributed by atoms with Crippen molar-refractivity contribution < 1.29 is 22.3 Å². The maximum absolute atomic E-state index is 15.2. The molecule has 11 heteroatoms. The molecule has 1 aliphatic heterocycles. The summed E-state index contributed by atoms with van der Waals surface area (Å²) in [5, 5.41) is 2.11. The van der Waals surface area contributed by atoms with E-state index in [0.717, 1.165) is 5.56 Å². The number of aromatic nitrogens is 1. The molecule has 220 valence electrons. The number of H-pyrrole nitrogens is 1. The van der Waals surface area contributed by atoms with Gasteiger partial charge in [0.05, 0.1) is 30.2 Å². The van der Waals surface area contributed by atoms with Crippen molar-refractivity contribution in [2.75, 3.05) is 32.1 Å². The second-order valence-corrected chi connectivity index (χ2v) is 13.5. The number of hydrogen-bond donors (Lipinski definition) is 2. The van der Waals surface area contributed by atoms with Crippen LogP contribution in [0.3, 0.4) is 0 Å². The van der Waals surface area contributed by atoms with E-state index in [1.54, 1.807) is 51.1 Å². The number of carbonyl (C=O) groups is 1. The molecule has 0 fully saturated rings. The summed E-state index contributed by atoms with van der Waals surface area (Å²) in [4.78, 5) is 31.0. The van der Waals surface area contributed by atoms with Gasteiger partial charge in [-0.25, -0.2) is 12.8 Å². The first-order chi connectivity index (χ1) is 19.2. The number of sulfonamides is 1. The Morgan fingerprint density at radius 3 is 2.56 bits per heavy atom. The lowest BCUT2D eigenvalue weighted by Crippen LogP contribution is -2.35. The van der Waals surface area contributed by atoms with Crippen molar-refractivity contribution in [2.24, 2.45) is 0 Å². The molecule has 3 aromatic rings. The summed E-state index contributed by atoms with van der Waals surface area (Å²) in [6.45, 7) is 7.41. The minimum Gasteiger partial charge on any atom is -0.496 e. The van der Waals surface area contributed by atoms with Crippen molar-refractivity contribution in [2.45, 2.75) is 52.0 Å². The van der Waals surface area contributed by atoms with Gasteiger partial charge in [0, 0.05) is 35.8 Å². The number of hydrogen-bond acceptors (Lipinski definition) is 6. The molecule has 4 rings (SSSR count). The van der Waals surface area contributed by atoms with Crippen LogP contribution in [0.4, 0.5) is 10.1 Å². The van der Waals surface area contributed by atoms with Crippen LogP contribution >= 0.6 is 0 Å². The van der Waals surface area contributed by atoms with Crippen LogP contribution < -0.4 is 19.9 Å². The summed E-state index contributed by atoms with van der Waals surface area (Å²) in [5.74, 6) is -0.951. The summed E-state index contributed by atoms with van der Waals surface area (Å²) >= 11 is 0. The van der Waals surface area contributed by atoms with Crippen molar-refractivity contribution >= 4 is 21.6 Å². The Morgan fingerprint density at radius 2 is 1.93 bits per heavy atom. The summed E-state index contributed by atoms with van der Waals surface area (Å²) < 4.78 is 48.6. The summed E-state index contributed by atoms with van der Waals surface area (Å²) in [6, 6.07) is 9.72. The van der Waals surface area contributed by atoms with Gasteiger partial charge in [0.25, 0.3) is 11.5 Å². The predicted octanol–water partition coefficient (Wildman–Crippen LogP) is 4.15. The van der Waals surface area contributed by atoms with Gasteiger partial charge in [-0.1, -0.05) is 13.0 Å². The van der Waals surface area contributed by atoms with Gasteiger partial charge in [0.1, 0.15) is 11.6 Å². The SMILES string of the molecule is COc1cc(C)[nH]c(=O)c1CNC(=O)c1cc(-c2cc(CN(C)C)ccc2F)cc2c1C(C)CN2S(=O)(=O)C(C)C. The van der Waals surface area contributed by atoms with E-state index in [9.17, 15) is 18.0 Å². The number of rotatable bonds is 9. The lowest BCUT2D eigenvalue weighted by molar-refractivity contribution is 0.0949. The number of halogens is 1. The van der Waals surface area contributed by atoms with Crippen LogP contribution in [0.5, 0.6) is 5.75 Å². The van der Waals surface area contributed by atoms with E-state index in [4.69, 9.17) is 4.74 Å². The Hall–Kier alpha value is -3.70. The molecule has 1 amide bonds. The molecule has 9 nitrogen and oxygen atoms in total. The van der Waals surface area contributed by atoms with E-state index < -0.39 is 27.0 Å². The van der Waals surface area contributed by atoms with Crippen LogP contribution in [-0.4, -0.2) is 57.2 Å². The van der Waals surface area contributed by atoms with Gasteiger partial charge in [-0.05, 0) is 81.9 Å². The third kappa shape index (κ3) is 6.01. The van der Waals surface area contributed by atoms with Gasteiger partial charge in [-0.2, -0.15) is 0 Å². The minimum atomic E-state index is -3.73. The molecule has 2 heterocycles. The van der Waals surface area contributed by atoms with Crippen LogP contribution in [0.2, 0.25) is 0 Å². The zero-order valence-electron chi connectivity index (χ0n) is 24.5. The molecule has 0 saturated heterocycles. The zero-order valence-corrected chi connectivity index (χ0v) is 25.3. The van der Waals surface area contributed by atoms with Crippen molar-refractivity contribution in [1.82, 2.24) is 15.2 Å². The lowest BCUT2D eigenvalue weighted by Gasteiger charge is -2.23. The van der Waals surface area contributed by atoms with Gasteiger partial charge in [-0.3, -0.25) is 13.9 Å². The Labute approximate surface area is 240 Å². The van der Waals surface area contributed by atoms with Gasteiger partial charge >= 0.3 is 0 Å². The molecule has 0 radical (unpaired) electrons. The monoisotopic (exact) mass is 584 g/mol. The quantitative estimate of drug-likeness (QED) is 0.391. The summed E-state index contributed by atoms with van der Waals surface area (Å²) in [5.41, 5.74) is 3.14. The average molecular weight is 585 g/mol. The Balaban J connectivity index is 1.86. The van der Waals surface area contributed by atoms with E-state index in [2.05, 4.69) is 10.3 Å². The number of anilines is 1. The van der Waals surface area contributed by atoms with Crippen molar-refractivity contribution in [3.63, 3.8) is 0 Å². The summed E-state index contributed by atoms with van der Waals surface area (Å²) in [7, 11) is 1.53. The normalized spacial score (nSPS) is 15.0. The van der Waals surface area contributed by atoms with Crippen molar-refractivity contribution in [1.29, 1.82) is 0 Å². The number of methoxy groups -OCH3 is 1. The van der Waals surface area contributed by atoms with Crippen molar-refractivity contribution in [3.05, 3.63) is 80.5 Å². The second-order valence-electron chi connectivity index (χ2n) is 11.0.